The van der Waals surface area contributed by atoms with E-state index in [4.69, 9.17) is 28.2 Å². The molecule has 0 spiro atoms. The summed E-state index contributed by atoms with van der Waals surface area (Å²) in [6, 6.07) is 4.35. The zero-order valence-corrected chi connectivity index (χ0v) is 18.3. The molecule has 0 aliphatic carbocycles. The number of guanidine groups is 1. The molecule has 7 nitrogen and oxygen atoms in total. The van der Waals surface area contributed by atoms with Crippen LogP contribution in [0.2, 0.25) is 10.0 Å². The Balaban J connectivity index is 1.68. The van der Waals surface area contributed by atoms with E-state index in [9.17, 15) is 9.59 Å². The summed E-state index contributed by atoms with van der Waals surface area (Å²) in [7, 11) is 1.67. The fraction of sp³-hybridized carbons (Fsp3) is 0.450. The lowest BCUT2D eigenvalue weighted by Crippen LogP contribution is -2.64. The lowest BCUT2D eigenvalue weighted by atomic mass is 10.1. The summed E-state index contributed by atoms with van der Waals surface area (Å²) < 4.78 is 0. The zero-order chi connectivity index (χ0) is 21.0. The Morgan fingerprint density at radius 2 is 1.86 bits per heavy atom. The maximum Gasteiger partial charge on any atom is 0.328 e. The van der Waals surface area contributed by atoms with E-state index < -0.39 is 18.2 Å². The Hall–Kier alpha value is -2.25. The monoisotopic (exact) mass is 435 g/mol. The summed E-state index contributed by atoms with van der Waals surface area (Å²) in [6.45, 7) is 6.25. The Bertz CT molecular complexity index is 927. The predicted molar refractivity (Wildman–Crippen MR) is 112 cm³/mol. The van der Waals surface area contributed by atoms with Gasteiger partial charge in [0.05, 0.1) is 6.54 Å². The van der Waals surface area contributed by atoms with Crippen molar-refractivity contribution in [2.24, 2.45) is 4.99 Å². The number of rotatable bonds is 4. The van der Waals surface area contributed by atoms with Gasteiger partial charge in [-0.15, -0.1) is 0 Å². The van der Waals surface area contributed by atoms with Crippen molar-refractivity contribution in [3.63, 3.8) is 0 Å². The molecule has 1 aromatic carbocycles. The van der Waals surface area contributed by atoms with Gasteiger partial charge in [-0.25, -0.2) is 9.79 Å². The molecule has 154 valence electrons. The van der Waals surface area contributed by atoms with Gasteiger partial charge in [-0.3, -0.25) is 9.69 Å². The summed E-state index contributed by atoms with van der Waals surface area (Å²) in [5.74, 6) is 0.417. The van der Waals surface area contributed by atoms with Gasteiger partial charge in [0.15, 0.2) is 12.2 Å². The molecule has 29 heavy (non-hydrogen) atoms. The number of aliphatic imine (C=N–C) groups is 1. The van der Waals surface area contributed by atoms with E-state index in [1.54, 1.807) is 25.2 Å². The van der Waals surface area contributed by atoms with Crippen molar-refractivity contribution >= 4 is 41.1 Å². The smallest absolute Gasteiger partial charge is 0.312 e. The number of allylic oxidation sites excluding steroid dienone is 1. The van der Waals surface area contributed by atoms with Crippen LogP contribution in [-0.4, -0.2) is 62.8 Å². The molecule has 3 unspecified atom stereocenters. The van der Waals surface area contributed by atoms with Gasteiger partial charge < -0.3 is 14.7 Å². The minimum Gasteiger partial charge on any atom is -0.312 e. The Morgan fingerprint density at radius 1 is 1.21 bits per heavy atom. The third kappa shape index (κ3) is 2.99. The van der Waals surface area contributed by atoms with Crippen molar-refractivity contribution in [1.82, 2.24) is 19.6 Å². The van der Waals surface area contributed by atoms with E-state index >= 15 is 0 Å². The highest BCUT2D eigenvalue weighted by Crippen LogP contribution is 2.36. The van der Waals surface area contributed by atoms with Crippen LogP contribution in [0, 0.1) is 0 Å². The number of nitrogens with zero attached hydrogens (tertiary/aromatic N) is 5. The first-order valence-electron chi connectivity index (χ1n) is 9.61. The summed E-state index contributed by atoms with van der Waals surface area (Å²) >= 11 is 12.5. The van der Waals surface area contributed by atoms with Crippen molar-refractivity contribution in [3.8, 4) is 0 Å². The Morgan fingerprint density at radius 3 is 2.48 bits per heavy atom. The van der Waals surface area contributed by atoms with Gasteiger partial charge in [-0.1, -0.05) is 36.2 Å². The van der Waals surface area contributed by atoms with Crippen molar-refractivity contribution < 1.29 is 9.59 Å². The first kappa shape index (κ1) is 20.0. The topological polar surface area (TPSA) is 59.5 Å². The van der Waals surface area contributed by atoms with E-state index in [1.165, 1.54) is 9.80 Å². The lowest BCUT2D eigenvalue weighted by Gasteiger charge is -2.40. The number of benzene rings is 1. The minimum absolute atomic E-state index is 0.0185. The number of likely N-dealkylation sites (N-methyl/N-ethyl adjacent to an activating group) is 1. The molecule has 0 aromatic heterocycles. The number of hydrogen-bond donors (Lipinski definition) is 0. The number of fused-ring (bicyclic) bond motifs is 3. The molecule has 0 saturated carbocycles. The molecule has 1 fully saturated rings. The van der Waals surface area contributed by atoms with E-state index in [0.717, 1.165) is 18.1 Å². The van der Waals surface area contributed by atoms with Crippen LogP contribution >= 0.6 is 23.2 Å². The molecule has 3 atom stereocenters. The van der Waals surface area contributed by atoms with Gasteiger partial charge >= 0.3 is 6.03 Å². The van der Waals surface area contributed by atoms with Gasteiger partial charge in [-0.05, 0) is 32.4 Å². The van der Waals surface area contributed by atoms with Gasteiger partial charge in [0.1, 0.15) is 0 Å². The highest BCUT2D eigenvalue weighted by Gasteiger charge is 2.54. The number of halogens is 2. The van der Waals surface area contributed by atoms with Crippen LogP contribution in [0.15, 0.2) is 35.1 Å². The molecule has 3 aliphatic heterocycles. The Kier molecular flexibility index (Phi) is 4.99. The fourth-order valence-corrected chi connectivity index (χ4v) is 4.60. The molecule has 3 aliphatic rings. The van der Waals surface area contributed by atoms with Crippen molar-refractivity contribution in [3.05, 3.63) is 45.7 Å². The van der Waals surface area contributed by atoms with Crippen LogP contribution in [0.4, 0.5) is 4.79 Å². The fourth-order valence-electron chi connectivity index (χ4n) is 4.09. The van der Waals surface area contributed by atoms with E-state index in [-0.39, 0.29) is 18.5 Å². The molecule has 0 radical (unpaired) electrons. The second kappa shape index (κ2) is 7.22. The minimum atomic E-state index is -0.599. The number of carbonyl (C=O) groups excluding carboxylic acids is 2. The molecular weight excluding hydrogens is 413 g/mol. The summed E-state index contributed by atoms with van der Waals surface area (Å²) in [5.41, 5.74) is 1.59. The van der Waals surface area contributed by atoms with Gasteiger partial charge in [0, 0.05) is 40.6 Å². The number of hydrogen-bond acceptors (Lipinski definition) is 5. The maximum absolute atomic E-state index is 13.4. The van der Waals surface area contributed by atoms with Crippen LogP contribution in [-0.2, 0) is 11.3 Å². The molecule has 3 amide bonds. The summed E-state index contributed by atoms with van der Waals surface area (Å²) in [4.78, 5) is 37.9. The highest BCUT2D eigenvalue weighted by molar-refractivity contribution is 6.36. The Labute approximate surface area is 180 Å². The molecule has 1 saturated heterocycles. The van der Waals surface area contributed by atoms with Crippen molar-refractivity contribution in [2.75, 3.05) is 7.05 Å². The van der Waals surface area contributed by atoms with E-state index in [0.29, 0.717) is 15.6 Å². The summed E-state index contributed by atoms with van der Waals surface area (Å²) in [5, 5.41) is 0.845. The normalized spacial score (nSPS) is 24.6. The second-order valence-corrected chi connectivity index (χ2v) is 8.43. The quantitative estimate of drug-likeness (QED) is 0.722. The molecule has 0 N–H and O–H groups in total. The molecule has 4 rings (SSSR count). The molecule has 3 heterocycles. The average Bonchev–Trinajstić information content (AvgIpc) is 3.19. The van der Waals surface area contributed by atoms with E-state index in [2.05, 4.69) is 18.7 Å². The third-order valence-corrected chi connectivity index (χ3v) is 6.55. The SMILES string of the molecule is CCC(C)N1C(C)=CN2C1=NC1C2C(=O)N(Cc2c(Cl)cccc2Cl)C(=O)N1C. The van der Waals surface area contributed by atoms with E-state index in [1.807, 2.05) is 18.0 Å². The van der Waals surface area contributed by atoms with Crippen LogP contribution in [0.25, 0.3) is 0 Å². The molecule has 9 heteroatoms. The van der Waals surface area contributed by atoms with Crippen LogP contribution < -0.4 is 0 Å². The van der Waals surface area contributed by atoms with Crippen LogP contribution in [0.3, 0.4) is 0 Å². The maximum atomic E-state index is 13.4. The van der Waals surface area contributed by atoms with Gasteiger partial charge in [-0.2, -0.15) is 0 Å². The highest BCUT2D eigenvalue weighted by atomic mass is 35.5. The second-order valence-electron chi connectivity index (χ2n) is 7.61. The zero-order valence-electron chi connectivity index (χ0n) is 16.8. The standard InChI is InChI=1S/C20H23Cl2N5O2/c1-5-11(2)27-12(3)9-25-16-17(23-19(25)27)24(4)20(29)26(18(16)28)10-13-14(21)7-6-8-15(13)22/h6-9,11,16-17H,5,10H2,1-4H3. The van der Waals surface area contributed by atoms with Crippen molar-refractivity contribution in [2.45, 2.75) is 52.0 Å². The number of carbonyl (C=O) groups is 2. The number of amides is 3. The van der Waals surface area contributed by atoms with Gasteiger partial charge in [0.2, 0.25) is 5.96 Å². The molecule has 0 bridgehead atoms. The third-order valence-electron chi connectivity index (χ3n) is 5.84. The number of urea groups is 1. The first-order chi connectivity index (χ1) is 13.8. The van der Waals surface area contributed by atoms with Crippen molar-refractivity contribution in [1.29, 1.82) is 0 Å². The summed E-state index contributed by atoms with van der Waals surface area (Å²) in [6.07, 6.45) is 2.32. The molecule has 1 aromatic rings. The first-order valence-corrected chi connectivity index (χ1v) is 10.4. The van der Waals surface area contributed by atoms with Gasteiger partial charge in [0.25, 0.3) is 5.91 Å². The predicted octanol–water partition coefficient (Wildman–Crippen LogP) is 3.73. The largest absolute Gasteiger partial charge is 0.328 e. The number of imide groups is 1. The lowest BCUT2D eigenvalue weighted by molar-refractivity contribution is -0.137. The van der Waals surface area contributed by atoms with Crippen LogP contribution in [0.1, 0.15) is 32.8 Å². The average molecular weight is 436 g/mol. The van der Waals surface area contributed by atoms with Crippen LogP contribution in [0.5, 0.6) is 0 Å². The molecular formula is C20H23Cl2N5O2.